The lowest BCUT2D eigenvalue weighted by atomic mass is 9.95. The molecule has 0 spiro atoms. The average molecular weight is 293 g/mol. The van der Waals surface area contributed by atoms with Gasteiger partial charge in [0.25, 0.3) is 5.91 Å². The van der Waals surface area contributed by atoms with Crippen molar-refractivity contribution in [1.82, 2.24) is 4.90 Å². The van der Waals surface area contributed by atoms with E-state index in [-0.39, 0.29) is 5.91 Å². The van der Waals surface area contributed by atoms with E-state index in [0.717, 1.165) is 18.5 Å². The molecule has 0 aliphatic carbocycles. The van der Waals surface area contributed by atoms with Crippen LogP contribution in [-0.4, -0.2) is 10.8 Å². The summed E-state index contributed by atoms with van der Waals surface area (Å²) in [6.45, 7) is 5.82. The van der Waals surface area contributed by atoms with Crippen molar-refractivity contribution in [3.63, 3.8) is 0 Å². The van der Waals surface area contributed by atoms with Crippen LogP contribution in [0.25, 0.3) is 0 Å². The van der Waals surface area contributed by atoms with Gasteiger partial charge in [0, 0.05) is 18.7 Å². The van der Waals surface area contributed by atoms with Gasteiger partial charge in [-0.2, -0.15) is 0 Å². The molecule has 0 N–H and O–H groups in total. The summed E-state index contributed by atoms with van der Waals surface area (Å²) in [5, 5.41) is 0. The minimum Gasteiger partial charge on any atom is -0.330 e. The fraction of sp³-hybridized carbons (Fsp3) is 0.350. The first-order chi connectivity index (χ1) is 10.7. The topological polar surface area (TPSA) is 20.3 Å². The molecule has 2 heteroatoms. The van der Waals surface area contributed by atoms with Crippen molar-refractivity contribution in [2.75, 3.05) is 0 Å². The first kappa shape index (κ1) is 14.8. The Morgan fingerprint density at radius 1 is 1.09 bits per heavy atom. The fourth-order valence-corrected chi connectivity index (χ4v) is 3.21. The zero-order chi connectivity index (χ0) is 15.5. The Labute approximate surface area is 132 Å². The van der Waals surface area contributed by atoms with Gasteiger partial charge in [0.1, 0.15) is 0 Å². The predicted octanol–water partition coefficient (Wildman–Crippen LogP) is 4.49. The van der Waals surface area contributed by atoms with Crippen LogP contribution in [0.15, 0.2) is 42.5 Å². The Balaban J connectivity index is 1.82. The van der Waals surface area contributed by atoms with Gasteiger partial charge >= 0.3 is 0 Å². The first-order valence-electron chi connectivity index (χ1n) is 8.15. The standard InChI is InChI=1S/C20H23NO/c1-3-4-10-17-11-12-18-19(15(17)2)14-21(20(18)22)13-16-8-6-5-7-9-16/h5-9,11-12H,3-4,10,13-14H2,1-2H3. The average Bonchev–Trinajstić information content (AvgIpc) is 2.85. The second-order valence-corrected chi connectivity index (χ2v) is 6.13. The Kier molecular flexibility index (Phi) is 4.28. The Bertz CT molecular complexity index is 676. The van der Waals surface area contributed by atoms with Gasteiger partial charge in [0.05, 0.1) is 0 Å². The summed E-state index contributed by atoms with van der Waals surface area (Å²) in [6, 6.07) is 14.4. The number of aryl methyl sites for hydroxylation is 1. The molecule has 22 heavy (non-hydrogen) atoms. The number of amides is 1. The van der Waals surface area contributed by atoms with E-state index in [4.69, 9.17) is 0 Å². The van der Waals surface area contributed by atoms with E-state index in [1.807, 2.05) is 29.2 Å². The molecule has 2 aromatic carbocycles. The zero-order valence-electron chi connectivity index (χ0n) is 13.4. The molecular formula is C20H23NO. The van der Waals surface area contributed by atoms with Crippen LogP contribution in [0, 0.1) is 6.92 Å². The molecule has 0 saturated heterocycles. The van der Waals surface area contributed by atoms with Crippen molar-refractivity contribution in [2.24, 2.45) is 0 Å². The molecule has 2 aromatic rings. The van der Waals surface area contributed by atoms with Gasteiger partial charge in [-0.3, -0.25) is 4.79 Å². The Morgan fingerprint density at radius 2 is 1.86 bits per heavy atom. The van der Waals surface area contributed by atoms with E-state index in [2.05, 4.69) is 32.0 Å². The van der Waals surface area contributed by atoms with E-state index in [0.29, 0.717) is 6.54 Å². The van der Waals surface area contributed by atoms with Crippen LogP contribution in [0.4, 0.5) is 0 Å². The SMILES string of the molecule is CCCCc1ccc2c(c1C)CN(Cc1ccccc1)C2=O. The summed E-state index contributed by atoms with van der Waals surface area (Å²) in [5.74, 6) is 0.170. The molecule has 1 aliphatic heterocycles. The fourth-order valence-electron chi connectivity index (χ4n) is 3.21. The molecule has 2 nitrogen and oxygen atoms in total. The maximum atomic E-state index is 12.6. The van der Waals surface area contributed by atoms with Crippen LogP contribution in [0.1, 0.15) is 52.4 Å². The molecule has 0 saturated carbocycles. The van der Waals surface area contributed by atoms with Gasteiger partial charge in [0.2, 0.25) is 0 Å². The van der Waals surface area contributed by atoms with E-state index in [9.17, 15) is 4.79 Å². The van der Waals surface area contributed by atoms with Crippen molar-refractivity contribution in [1.29, 1.82) is 0 Å². The van der Waals surface area contributed by atoms with Gasteiger partial charge in [-0.05, 0) is 48.1 Å². The highest BCUT2D eigenvalue weighted by Crippen LogP contribution is 2.29. The number of carbonyl (C=O) groups is 1. The smallest absolute Gasteiger partial charge is 0.254 e. The number of nitrogens with zero attached hydrogens (tertiary/aromatic N) is 1. The molecule has 0 bridgehead atoms. The summed E-state index contributed by atoms with van der Waals surface area (Å²) in [4.78, 5) is 14.6. The number of rotatable bonds is 5. The molecule has 1 amide bonds. The van der Waals surface area contributed by atoms with Gasteiger partial charge in [0.15, 0.2) is 0 Å². The van der Waals surface area contributed by atoms with Crippen molar-refractivity contribution >= 4 is 5.91 Å². The number of hydrogen-bond acceptors (Lipinski definition) is 1. The Morgan fingerprint density at radius 3 is 2.59 bits per heavy atom. The molecule has 0 unspecified atom stereocenters. The van der Waals surface area contributed by atoms with E-state index in [1.54, 1.807) is 0 Å². The first-order valence-corrected chi connectivity index (χ1v) is 8.15. The summed E-state index contributed by atoms with van der Waals surface area (Å²) in [6.07, 6.45) is 3.53. The molecule has 0 aromatic heterocycles. The molecule has 0 fully saturated rings. The molecule has 1 heterocycles. The van der Waals surface area contributed by atoms with Gasteiger partial charge in [-0.1, -0.05) is 49.7 Å². The Hall–Kier alpha value is -2.09. The van der Waals surface area contributed by atoms with E-state index < -0.39 is 0 Å². The zero-order valence-corrected chi connectivity index (χ0v) is 13.4. The van der Waals surface area contributed by atoms with Crippen molar-refractivity contribution in [2.45, 2.75) is 46.2 Å². The normalized spacial score (nSPS) is 13.5. The number of carbonyl (C=O) groups excluding carboxylic acids is 1. The third-order valence-electron chi connectivity index (χ3n) is 4.59. The molecular weight excluding hydrogens is 270 g/mol. The number of fused-ring (bicyclic) bond motifs is 1. The van der Waals surface area contributed by atoms with Gasteiger partial charge in [-0.15, -0.1) is 0 Å². The van der Waals surface area contributed by atoms with Crippen LogP contribution < -0.4 is 0 Å². The van der Waals surface area contributed by atoms with Crippen LogP contribution in [0.5, 0.6) is 0 Å². The third-order valence-corrected chi connectivity index (χ3v) is 4.59. The number of unbranched alkanes of at least 4 members (excludes halogenated alkanes) is 1. The maximum Gasteiger partial charge on any atom is 0.254 e. The predicted molar refractivity (Wildman–Crippen MR) is 89.8 cm³/mol. The van der Waals surface area contributed by atoms with Crippen LogP contribution >= 0.6 is 0 Å². The third kappa shape index (κ3) is 2.78. The summed E-state index contributed by atoms with van der Waals surface area (Å²) < 4.78 is 0. The summed E-state index contributed by atoms with van der Waals surface area (Å²) in [5.41, 5.74) is 6.03. The van der Waals surface area contributed by atoms with Crippen molar-refractivity contribution in [3.8, 4) is 0 Å². The van der Waals surface area contributed by atoms with Crippen LogP contribution in [0.3, 0.4) is 0 Å². The van der Waals surface area contributed by atoms with Crippen LogP contribution in [-0.2, 0) is 19.5 Å². The summed E-state index contributed by atoms with van der Waals surface area (Å²) in [7, 11) is 0. The molecule has 0 radical (unpaired) electrons. The number of hydrogen-bond donors (Lipinski definition) is 0. The molecule has 0 atom stereocenters. The lowest BCUT2D eigenvalue weighted by molar-refractivity contribution is 0.0766. The second kappa shape index (κ2) is 6.35. The van der Waals surface area contributed by atoms with Gasteiger partial charge < -0.3 is 4.90 Å². The van der Waals surface area contributed by atoms with Crippen molar-refractivity contribution in [3.05, 3.63) is 70.3 Å². The highest BCUT2D eigenvalue weighted by Gasteiger charge is 2.29. The highest BCUT2D eigenvalue weighted by molar-refractivity contribution is 5.98. The molecule has 3 rings (SSSR count). The van der Waals surface area contributed by atoms with Crippen molar-refractivity contribution < 1.29 is 4.79 Å². The minimum atomic E-state index is 0.170. The van der Waals surface area contributed by atoms with E-state index in [1.165, 1.54) is 35.1 Å². The lowest BCUT2D eigenvalue weighted by Gasteiger charge is -2.15. The van der Waals surface area contributed by atoms with Crippen LogP contribution in [0.2, 0.25) is 0 Å². The highest BCUT2D eigenvalue weighted by atomic mass is 16.2. The quantitative estimate of drug-likeness (QED) is 0.795. The summed E-state index contributed by atoms with van der Waals surface area (Å²) >= 11 is 0. The largest absolute Gasteiger partial charge is 0.330 e. The number of benzene rings is 2. The molecule has 1 aliphatic rings. The van der Waals surface area contributed by atoms with Gasteiger partial charge in [-0.25, -0.2) is 0 Å². The van der Waals surface area contributed by atoms with E-state index >= 15 is 0 Å². The molecule has 114 valence electrons. The maximum absolute atomic E-state index is 12.6. The monoisotopic (exact) mass is 293 g/mol. The second-order valence-electron chi connectivity index (χ2n) is 6.13. The lowest BCUT2D eigenvalue weighted by Crippen LogP contribution is -2.23. The minimum absolute atomic E-state index is 0.170.